The van der Waals surface area contributed by atoms with Crippen molar-refractivity contribution in [1.82, 2.24) is 5.32 Å². The van der Waals surface area contributed by atoms with E-state index in [0.29, 0.717) is 5.69 Å². The number of nitrogens with zero attached hydrogens (tertiary/aromatic N) is 1. The molecule has 2 aromatic rings. The number of methoxy groups -OCH3 is 1. The molecule has 0 saturated heterocycles. The molecule has 0 bridgehead atoms. The number of carbonyl (C=O) groups excluding carboxylic acids is 1. The maximum absolute atomic E-state index is 12.0. The second-order valence-electron chi connectivity index (χ2n) is 6.72. The lowest BCUT2D eigenvalue weighted by Gasteiger charge is -2.23. The number of benzene rings is 2. The lowest BCUT2D eigenvalue weighted by molar-refractivity contribution is -0.140. The molecule has 0 spiro atoms. The van der Waals surface area contributed by atoms with Crippen molar-refractivity contribution in [3.63, 3.8) is 0 Å². The lowest BCUT2D eigenvalue weighted by atomic mass is 9.85. The molecule has 0 aliphatic carbocycles. The highest BCUT2D eigenvalue weighted by Gasteiger charge is 2.21. The normalized spacial score (nSPS) is 14.4. The van der Waals surface area contributed by atoms with Gasteiger partial charge in [0.25, 0.3) is 0 Å². The fraction of sp³-hybridized carbons (Fsp3) is 0.350. The molecule has 6 heteroatoms. The summed E-state index contributed by atoms with van der Waals surface area (Å²) in [5.41, 5.74) is 12.2. The van der Waals surface area contributed by atoms with Crippen LogP contribution in [0.2, 0.25) is 0 Å². The van der Waals surface area contributed by atoms with E-state index in [1.54, 1.807) is 7.05 Å². The summed E-state index contributed by atoms with van der Waals surface area (Å²) < 4.78 is 4.92. The molecular weight excluding hydrogens is 328 g/mol. The lowest BCUT2D eigenvalue weighted by Crippen LogP contribution is -2.26. The van der Waals surface area contributed by atoms with Crippen LogP contribution in [0.1, 0.15) is 34.6 Å². The SMILES string of the molecule is COC(=O)CC(c1ccc(N(C)N)c(N)c1)c1ccc2c(c1)CNCC2. The second kappa shape index (κ2) is 7.76. The Morgan fingerprint density at radius 2 is 1.96 bits per heavy atom. The molecule has 1 aliphatic rings. The van der Waals surface area contributed by atoms with Gasteiger partial charge < -0.3 is 20.8 Å². The number of nitrogen functional groups attached to an aromatic ring is 1. The summed E-state index contributed by atoms with van der Waals surface area (Å²) in [6.45, 7) is 1.86. The molecule has 3 rings (SSSR count). The molecule has 138 valence electrons. The fourth-order valence-corrected chi connectivity index (χ4v) is 3.51. The van der Waals surface area contributed by atoms with Crippen LogP contribution in [-0.2, 0) is 22.5 Å². The molecule has 0 fully saturated rings. The van der Waals surface area contributed by atoms with Crippen molar-refractivity contribution in [1.29, 1.82) is 0 Å². The van der Waals surface area contributed by atoms with Gasteiger partial charge >= 0.3 is 5.97 Å². The van der Waals surface area contributed by atoms with Crippen LogP contribution in [0.3, 0.4) is 0 Å². The van der Waals surface area contributed by atoms with E-state index in [2.05, 4.69) is 23.5 Å². The summed E-state index contributed by atoms with van der Waals surface area (Å²) in [6, 6.07) is 12.2. The van der Waals surface area contributed by atoms with Crippen molar-refractivity contribution in [3.05, 3.63) is 58.7 Å². The summed E-state index contributed by atoms with van der Waals surface area (Å²) in [5, 5.41) is 4.88. The average Bonchev–Trinajstić information content (AvgIpc) is 2.65. The number of carbonyl (C=O) groups is 1. The Balaban J connectivity index is 2.00. The molecule has 1 heterocycles. The van der Waals surface area contributed by atoms with Crippen LogP contribution in [-0.4, -0.2) is 26.7 Å². The maximum atomic E-state index is 12.0. The van der Waals surface area contributed by atoms with Crippen LogP contribution in [0.25, 0.3) is 0 Å². The molecule has 2 aromatic carbocycles. The van der Waals surface area contributed by atoms with Gasteiger partial charge in [0.2, 0.25) is 0 Å². The average molecular weight is 354 g/mol. The van der Waals surface area contributed by atoms with Gasteiger partial charge in [-0.1, -0.05) is 24.3 Å². The number of hydrogen-bond acceptors (Lipinski definition) is 6. The van der Waals surface area contributed by atoms with E-state index in [-0.39, 0.29) is 18.3 Å². The molecule has 0 saturated carbocycles. The van der Waals surface area contributed by atoms with Crippen molar-refractivity contribution in [3.8, 4) is 0 Å². The predicted molar refractivity (Wildman–Crippen MR) is 104 cm³/mol. The van der Waals surface area contributed by atoms with Gasteiger partial charge in [-0.25, -0.2) is 5.84 Å². The zero-order valence-electron chi connectivity index (χ0n) is 15.3. The number of fused-ring (bicyclic) bond motifs is 1. The minimum absolute atomic E-state index is 0.117. The molecule has 0 radical (unpaired) electrons. The summed E-state index contributed by atoms with van der Waals surface area (Å²) in [4.78, 5) is 12.0. The molecule has 26 heavy (non-hydrogen) atoms. The smallest absolute Gasteiger partial charge is 0.306 e. The number of ether oxygens (including phenoxy) is 1. The molecule has 6 nitrogen and oxygen atoms in total. The molecule has 0 aromatic heterocycles. The molecule has 1 aliphatic heterocycles. The van der Waals surface area contributed by atoms with Crippen LogP contribution in [0.15, 0.2) is 36.4 Å². The van der Waals surface area contributed by atoms with Crippen LogP contribution in [0.5, 0.6) is 0 Å². The van der Waals surface area contributed by atoms with Crippen molar-refractivity contribution in [2.75, 3.05) is 31.4 Å². The Kier molecular flexibility index (Phi) is 5.44. The van der Waals surface area contributed by atoms with Crippen LogP contribution in [0.4, 0.5) is 11.4 Å². The Labute approximate surface area is 154 Å². The van der Waals surface area contributed by atoms with Gasteiger partial charge in [0.1, 0.15) is 0 Å². The third kappa shape index (κ3) is 3.81. The van der Waals surface area contributed by atoms with Crippen LogP contribution < -0.4 is 21.9 Å². The van der Waals surface area contributed by atoms with E-state index in [1.165, 1.54) is 23.2 Å². The zero-order chi connectivity index (χ0) is 18.7. The first-order valence-electron chi connectivity index (χ1n) is 8.76. The van der Waals surface area contributed by atoms with Gasteiger partial charge in [-0.15, -0.1) is 0 Å². The minimum Gasteiger partial charge on any atom is -0.469 e. The summed E-state index contributed by atoms with van der Waals surface area (Å²) >= 11 is 0. The van der Waals surface area contributed by atoms with E-state index in [4.69, 9.17) is 16.3 Å². The first-order chi connectivity index (χ1) is 12.5. The van der Waals surface area contributed by atoms with Crippen molar-refractivity contribution in [2.45, 2.75) is 25.3 Å². The van der Waals surface area contributed by atoms with E-state index in [0.717, 1.165) is 36.3 Å². The van der Waals surface area contributed by atoms with Gasteiger partial charge in [0.05, 0.1) is 24.9 Å². The molecular formula is C20H26N4O2. The summed E-state index contributed by atoms with van der Waals surface area (Å²) in [7, 11) is 3.16. The van der Waals surface area contributed by atoms with Crippen molar-refractivity contribution in [2.24, 2.45) is 5.84 Å². The number of hydrazine groups is 1. The number of esters is 1. The van der Waals surface area contributed by atoms with Gasteiger partial charge in [-0.2, -0.15) is 0 Å². The fourth-order valence-electron chi connectivity index (χ4n) is 3.51. The first-order valence-corrected chi connectivity index (χ1v) is 8.76. The minimum atomic E-state index is -0.246. The summed E-state index contributed by atoms with van der Waals surface area (Å²) in [6.07, 6.45) is 1.29. The molecule has 1 unspecified atom stereocenters. The van der Waals surface area contributed by atoms with E-state index >= 15 is 0 Å². The predicted octanol–water partition coefficient (Wildman–Crippen LogP) is 1.92. The third-order valence-corrected chi connectivity index (χ3v) is 4.95. The summed E-state index contributed by atoms with van der Waals surface area (Å²) in [5.74, 6) is 5.44. The number of nitrogens with one attached hydrogen (secondary N) is 1. The molecule has 1 atom stereocenters. The van der Waals surface area contributed by atoms with Crippen LogP contribution >= 0.6 is 0 Å². The van der Waals surface area contributed by atoms with Gasteiger partial charge in [-0.3, -0.25) is 4.79 Å². The monoisotopic (exact) mass is 354 g/mol. The largest absolute Gasteiger partial charge is 0.469 e. The highest BCUT2D eigenvalue weighted by molar-refractivity contribution is 5.73. The van der Waals surface area contributed by atoms with E-state index in [9.17, 15) is 4.79 Å². The Morgan fingerprint density at radius 3 is 2.65 bits per heavy atom. The first kappa shape index (κ1) is 18.2. The van der Waals surface area contributed by atoms with Crippen molar-refractivity contribution >= 4 is 17.3 Å². The number of hydrogen-bond donors (Lipinski definition) is 3. The maximum Gasteiger partial charge on any atom is 0.306 e. The third-order valence-electron chi connectivity index (χ3n) is 4.95. The second-order valence-corrected chi connectivity index (χ2v) is 6.72. The van der Waals surface area contributed by atoms with Gasteiger partial charge in [0.15, 0.2) is 0 Å². The standard InChI is InChI=1S/C20H26N4O2/c1-24(22)19-6-5-15(10-18(19)21)17(11-20(25)26-2)14-4-3-13-7-8-23-12-16(13)9-14/h3-6,9-10,17,23H,7-8,11-12,21-22H2,1-2H3. The van der Waals surface area contributed by atoms with E-state index in [1.807, 2.05) is 18.2 Å². The Morgan fingerprint density at radius 1 is 1.23 bits per heavy atom. The molecule has 0 amide bonds. The zero-order valence-corrected chi connectivity index (χ0v) is 15.3. The topological polar surface area (TPSA) is 93.6 Å². The van der Waals surface area contributed by atoms with E-state index < -0.39 is 0 Å². The van der Waals surface area contributed by atoms with Gasteiger partial charge in [-0.05, 0) is 47.4 Å². The molecule has 5 N–H and O–H groups in total. The highest BCUT2D eigenvalue weighted by atomic mass is 16.5. The van der Waals surface area contributed by atoms with Crippen LogP contribution in [0, 0.1) is 0 Å². The number of nitrogens with two attached hydrogens (primary N) is 2. The highest BCUT2D eigenvalue weighted by Crippen LogP contribution is 2.34. The Hall–Kier alpha value is -2.57. The number of rotatable bonds is 5. The number of anilines is 2. The Bertz CT molecular complexity index is 804. The quantitative estimate of drug-likeness (QED) is 0.329. The van der Waals surface area contributed by atoms with Crippen molar-refractivity contribution < 1.29 is 9.53 Å². The van der Waals surface area contributed by atoms with Gasteiger partial charge in [0, 0.05) is 19.5 Å².